The van der Waals surface area contributed by atoms with Crippen LogP contribution in [0.1, 0.15) is 23.3 Å². The fourth-order valence-electron chi connectivity index (χ4n) is 2.74. The Morgan fingerprint density at radius 1 is 1.28 bits per heavy atom. The third-order valence-corrected chi connectivity index (χ3v) is 4.70. The van der Waals surface area contributed by atoms with Crippen molar-refractivity contribution in [3.8, 4) is 11.3 Å². The minimum Gasteiger partial charge on any atom is -0.481 e. The van der Waals surface area contributed by atoms with Crippen LogP contribution in [0.2, 0.25) is 5.02 Å². The van der Waals surface area contributed by atoms with E-state index in [4.69, 9.17) is 20.9 Å². The summed E-state index contributed by atoms with van der Waals surface area (Å²) in [6.07, 6.45) is 0.707. The molecule has 132 valence electrons. The molecule has 1 amide bonds. The molecule has 1 fully saturated rings. The normalized spacial score (nSPS) is 16.4. The molecule has 3 rings (SSSR count). The molecule has 7 nitrogen and oxygen atoms in total. The van der Waals surface area contributed by atoms with Gasteiger partial charge in [0.05, 0.1) is 10.4 Å². The van der Waals surface area contributed by atoms with Crippen LogP contribution in [0.4, 0.5) is 0 Å². The van der Waals surface area contributed by atoms with Gasteiger partial charge >= 0.3 is 5.97 Å². The average Bonchev–Trinajstić information content (AvgIpc) is 3.10. The van der Waals surface area contributed by atoms with Gasteiger partial charge in [-0.25, -0.2) is 0 Å². The highest BCUT2D eigenvalue weighted by atomic mass is 35.5. The van der Waals surface area contributed by atoms with Crippen molar-refractivity contribution < 1.29 is 24.0 Å². The standard InChI is InChI=1S/C17H17ClN2O5/c18-12-4-2-1-3-11(12)14-9-13(20-25-14)15(21)19-10-17(16(22)23)5-7-24-8-6-17/h1-4,9H,5-8,10H2,(H,19,21)(H,22,23). The first kappa shape index (κ1) is 17.4. The average molecular weight is 365 g/mol. The van der Waals surface area contributed by atoms with Gasteiger partial charge < -0.3 is 19.7 Å². The number of hydrogen-bond donors (Lipinski definition) is 2. The van der Waals surface area contributed by atoms with Crippen molar-refractivity contribution in [2.24, 2.45) is 5.41 Å². The Hall–Kier alpha value is -2.38. The summed E-state index contributed by atoms with van der Waals surface area (Å²) in [6.45, 7) is 0.740. The van der Waals surface area contributed by atoms with E-state index in [0.29, 0.717) is 42.4 Å². The number of carbonyl (C=O) groups is 2. The number of aromatic nitrogens is 1. The van der Waals surface area contributed by atoms with Crippen molar-refractivity contribution in [2.75, 3.05) is 19.8 Å². The lowest BCUT2D eigenvalue weighted by molar-refractivity contribution is -0.154. The molecule has 0 spiro atoms. The minimum absolute atomic E-state index is 0.0127. The molecular formula is C17H17ClN2O5. The summed E-state index contributed by atoms with van der Waals surface area (Å²) in [6, 6.07) is 8.53. The number of aliphatic carboxylic acids is 1. The highest BCUT2D eigenvalue weighted by molar-refractivity contribution is 6.33. The topological polar surface area (TPSA) is 102 Å². The first-order chi connectivity index (χ1) is 12.0. The largest absolute Gasteiger partial charge is 0.481 e. The van der Waals surface area contributed by atoms with Gasteiger partial charge in [0.25, 0.3) is 5.91 Å². The molecule has 0 unspecified atom stereocenters. The lowest BCUT2D eigenvalue weighted by Gasteiger charge is -2.32. The monoisotopic (exact) mass is 364 g/mol. The van der Waals surface area contributed by atoms with Crippen LogP contribution in [-0.4, -0.2) is 41.9 Å². The van der Waals surface area contributed by atoms with Crippen molar-refractivity contribution in [3.63, 3.8) is 0 Å². The van der Waals surface area contributed by atoms with Gasteiger partial charge in [-0.05, 0) is 25.0 Å². The summed E-state index contributed by atoms with van der Waals surface area (Å²) in [5.74, 6) is -1.06. The van der Waals surface area contributed by atoms with E-state index >= 15 is 0 Å². The summed E-state index contributed by atoms with van der Waals surface area (Å²) in [4.78, 5) is 23.9. The van der Waals surface area contributed by atoms with Crippen LogP contribution in [-0.2, 0) is 9.53 Å². The highest BCUT2D eigenvalue weighted by Gasteiger charge is 2.40. The molecule has 25 heavy (non-hydrogen) atoms. The molecule has 0 radical (unpaired) electrons. The number of carboxylic acid groups (broad SMARTS) is 1. The Morgan fingerprint density at radius 2 is 2.00 bits per heavy atom. The zero-order valence-corrected chi connectivity index (χ0v) is 14.1. The van der Waals surface area contributed by atoms with Crippen LogP contribution in [0.3, 0.4) is 0 Å². The third-order valence-electron chi connectivity index (χ3n) is 4.37. The molecule has 1 aromatic carbocycles. The summed E-state index contributed by atoms with van der Waals surface area (Å²) < 4.78 is 10.4. The van der Waals surface area contributed by atoms with Crippen molar-refractivity contribution >= 4 is 23.5 Å². The number of amides is 1. The van der Waals surface area contributed by atoms with Crippen LogP contribution in [0.5, 0.6) is 0 Å². The molecule has 0 bridgehead atoms. The van der Waals surface area contributed by atoms with Crippen LogP contribution in [0.25, 0.3) is 11.3 Å². The number of carbonyl (C=O) groups excluding carboxylic acids is 1. The van der Waals surface area contributed by atoms with E-state index < -0.39 is 17.3 Å². The zero-order chi connectivity index (χ0) is 17.9. The van der Waals surface area contributed by atoms with Crippen LogP contribution >= 0.6 is 11.6 Å². The van der Waals surface area contributed by atoms with Crippen molar-refractivity contribution in [2.45, 2.75) is 12.8 Å². The Balaban J connectivity index is 1.70. The summed E-state index contributed by atoms with van der Waals surface area (Å²) in [5, 5.41) is 16.4. The van der Waals surface area contributed by atoms with Gasteiger partial charge in [-0.3, -0.25) is 9.59 Å². The minimum atomic E-state index is -1.01. The Morgan fingerprint density at radius 3 is 2.68 bits per heavy atom. The van der Waals surface area contributed by atoms with E-state index in [9.17, 15) is 14.7 Å². The van der Waals surface area contributed by atoms with E-state index in [-0.39, 0.29) is 12.2 Å². The molecule has 1 aliphatic heterocycles. The SMILES string of the molecule is O=C(NCC1(C(=O)O)CCOCC1)c1cc(-c2ccccc2Cl)on1. The number of hydrogen-bond acceptors (Lipinski definition) is 5. The van der Waals surface area contributed by atoms with Gasteiger partial charge in [0.15, 0.2) is 11.5 Å². The predicted octanol–water partition coefficient (Wildman–Crippen LogP) is 2.61. The second-order valence-corrected chi connectivity index (χ2v) is 6.34. The number of benzene rings is 1. The fraction of sp³-hybridized carbons (Fsp3) is 0.353. The van der Waals surface area contributed by atoms with Crippen molar-refractivity contribution in [3.05, 3.63) is 41.0 Å². The smallest absolute Gasteiger partial charge is 0.311 e. The molecule has 2 aromatic rings. The number of nitrogens with one attached hydrogen (secondary N) is 1. The molecular weight excluding hydrogens is 348 g/mol. The van der Waals surface area contributed by atoms with Crippen molar-refractivity contribution in [1.29, 1.82) is 0 Å². The highest BCUT2D eigenvalue weighted by Crippen LogP contribution is 2.31. The number of ether oxygens (including phenoxy) is 1. The molecule has 1 aromatic heterocycles. The Kier molecular flexibility index (Phi) is 5.06. The number of carboxylic acids is 1. The molecule has 0 saturated carbocycles. The quantitative estimate of drug-likeness (QED) is 0.845. The fourth-order valence-corrected chi connectivity index (χ4v) is 2.97. The van der Waals surface area contributed by atoms with E-state index in [1.54, 1.807) is 24.3 Å². The molecule has 2 N–H and O–H groups in total. The lowest BCUT2D eigenvalue weighted by Crippen LogP contribution is -2.46. The molecule has 8 heteroatoms. The molecule has 1 saturated heterocycles. The lowest BCUT2D eigenvalue weighted by atomic mass is 9.80. The summed E-state index contributed by atoms with van der Waals surface area (Å²) >= 11 is 6.10. The van der Waals surface area contributed by atoms with E-state index in [1.807, 2.05) is 0 Å². The van der Waals surface area contributed by atoms with E-state index in [0.717, 1.165) is 0 Å². The molecule has 0 aliphatic carbocycles. The van der Waals surface area contributed by atoms with Gasteiger partial charge in [-0.2, -0.15) is 0 Å². The second kappa shape index (κ2) is 7.25. The van der Waals surface area contributed by atoms with E-state index in [1.165, 1.54) is 6.07 Å². The first-order valence-electron chi connectivity index (χ1n) is 7.83. The van der Waals surface area contributed by atoms with Gasteiger partial charge in [-0.1, -0.05) is 28.9 Å². The van der Waals surface area contributed by atoms with Crippen LogP contribution in [0, 0.1) is 5.41 Å². The van der Waals surface area contributed by atoms with E-state index in [2.05, 4.69) is 10.5 Å². The van der Waals surface area contributed by atoms with Gasteiger partial charge in [0.1, 0.15) is 0 Å². The maximum absolute atomic E-state index is 12.3. The maximum atomic E-state index is 12.3. The summed E-state index contributed by atoms with van der Waals surface area (Å²) in [7, 11) is 0. The third kappa shape index (κ3) is 3.67. The molecule has 2 heterocycles. The molecule has 0 atom stereocenters. The maximum Gasteiger partial charge on any atom is 0.311 e. The van der Waals surface area contributed by atoms with Crippen molar-refractivity contribution in [1.82, 2.24) is 10.5 Å². The number of nitrogens with zero attached hydrogens (tertiary/aromatic N) is 1. The zero-order valence-electron chi connectivity index (χ0n) is 13.3. The predicted molar refractivity (Wildman–Crippen MR) is 89.4 cm³/mol. The van der Waals surface area contributed by atoms with Gasteiger partial charge in [0.2, 0.25) is 0 Å². The van der Waals surface area contributed by atoms with Crippen LogP contribution < -0.4 is 5.32 Å². The first-order valence-corrected chi connectivity index (χ1v) is 8.21. The van der Waals surface area contributed by atoms with Gasteiger partial charge in [-0.15, -0.1) is 0 Å². The second-order valence-electron chi connectivity index (χ2n) is 5.94. The number of halogens is 1. The Labute approximate surface area is 148 Å². The van der Waals surface area contributed by atoms with Gasteiger partial charge in [0, 0.05) is 31.4 Å². The number of rotatable bonds is 5. The molecule has 1 aliphatic rings. The van der Waals surface area contributed by atoms with Crippen LogP contribution in [0.15, 0.2) is 34.9 Å². The Bertz CT molecular complexity index is 783. The summed E-state index contributed by atoms with van der Waals surface area (Å²) in [5.41, 5.74) is -0.312.